The molecule has 3 rings (SSSR count). The summed E-state index contributed by atoms with van der Waals surface area (Å²) in [4.78, 5) is 26.7. The van der Waals surface area contributed by atoms with Crippen molar-refractivity contribution in [2.24, 2.45) is 0 Å². The summed E-state index contributed by atoms with van der Waals surface area (Å²) >= 11 is 0. The summed E-state index contributed by atoms with van der Waals surface area (Å²) in [7, 11) is 0. The number of benzene rings is 2. The van der Waals surface area contributed by atoms with Gasteiger partial charge in [0, 0.05) is 18.5 Å². The smallest absolute Gasteiger partial charge is 0.251 e. The van der Waals surface area contributed by atoms with Crippen LogP contribution >= 0.6 is 0 Å². The summed E-state index contributed by atoms with van der Waals surface area (Å²) in [5.41, 5.74) is 1.75. The lowest BCUT2D eigenvalue weighted by atomic mass is 10.1. The number of phenols is 1. The minimum absolute atomic E-state index is 0.112. The molecular weight excluding hydrogens is 347 g/mol. The molecule has 3 N–H and O–H groups in total. The Kier molecular flexibility index (Phi) is 5.86. The fourth-order valence-corrected chi connectivity index (χ4v) is 2.92. The zero-order valence-corrected chi connectivity index (χ0v) is 14.8. The van der Waals surface area contributed by atoms with Gasteiger partial charge in [-0.2, -0.15) is 0 Å². The number of aromatic hydroxyl groups is 1. The fraction of sp³-hybridized carbons (Fsp3) is 0.238. The van der Waals surface area contributed by atoms with Crippen LogP contribution in [0.4, 0.5) is 4.39 Å². The first-order valence-corrected chi connectivity index (χ1v) is 8.87. The maximum Gasteiger partial charge on any atom is 0.251 e. The van der Waals surface area contributed by atoms with E-state index in [2.05, 4.69) is 10.3 Å². The third kappa shape index (κ3) is 5.17. The number of nitrogens with one attached hydrogen (secondary N) is 2. The highest BCUT2D eigenvalue weighted by Crippen LogP contribution is 2.13. The van der Waals surface area contributed by atoms with E-state index in [0.29, 0.717) is 24.0 Å². The Hall–Kier alpha value is -3.15. The van der Waals surface area contributed by atoms with Crippen LogP contribution in [0.5, 0.6) is 5.75 Å². The van der Waals surface area contributed by atoms with Gasteiger partial charge >= 0.3 is 0 Å². The number of pyridine rings is 1. The third-order valence-corrected chi connectivity index (χ3v) is 4.41. The Morgan fingerprint density at radius 2 is 1.85 bits per heavy atom. The predicted molar refractivity (Wildman–Crippen MR) is 102 cm³/mol. The summed E-state index contributed by atoms with van der Waals surface area (Å²) in [5.74, 6) is -0.280. The van der Waals surface area contributed by atoms with Crippen molar-refractivity contribution >= 4 is 16.8 Å². The number of fused-ring (bicyclic) bond motifs is 1. The van der Waals surface area contributed by atoms with Crippen molar-refractivity contribution in [1.29, 1.82) is 0 Å². The summed E-state index contributed by atoms with van der Waals surface area (Å²) in [6.45, 7) is 0.549. The van der Waals surface area contributed by atoms with Crippen molar-refractivity contribution in [3.05, 3.63) is 75.8 Å². The molecule has 1 aromatic heterocycles. The largest absolute Gasteiger partial charge is 0.508 e. The van der Waals surface area contributed by atoms with Crippen LogP contribution in [0.1, 0.15) is 24.0 Å². The van der Waals surface area contributed by atoms with Crippen molar-refractivity contribution in [2.45, 2.75) is 25.7 Å². The molecule has 0 atom stereocenters. The standard InChI is InChI=1S/C21H21FN2O3/c22-17-7-5-15-12-16(21(27)24-19(15)13-17)6-10-20(26)23-11-1-2-14-3-8-18(25)9-4-14/h3-5,7-9,12-13,25H,1-2,6,10-11H2,(H,23,26)(H,24,27). The fourth-order valence-electron chi connectivity index (χ4n) is 2.92. The monoisotopic (exact) mass is 368 g/mol. The van der Waals surface area contributed by atoms with E-state index < -0.39 is 5.82 Å². The number of aromatic amines is 1. The average Bonchev–Trinajstić information content (AvgIpc) is 2.65. The molecule has 0 fully saturated rings. The summed E-state index contributed by atoms with van der Waals surface area (Å²) in [6.07, 6.45) is 2.14. The minimum atomic E-state index is -0.405. The number of carbonyl (C=O) groups is 1. The van der Waals surface area contributed by atoms with Gasteiger partial charge in [0.05, 0.1) is 5.52 Å². The van der Waals surface area contributed by atoms with Gasteiger partial charge in [0.1, 0.15) is 11.6 Å². The van der Waals surface area contributed by atoms with Crippen molar-refractivity contribution in [3.63, 3.8) is 0 Å². The van der Waals surface area contributed by atoms with Crippen molar-refractivity contribution in [1.82, 2.24) is 10.3 Å². The van der Waals surface area contributed by atoms with Gasteiger partial charge < -0.3 is 15.4 Å². The summed E-state index contributed by atoms with van der Waals surface area (Å²) < 4.78 is 13.2. The Morgan fingerprint density at radius 1 is 1.07 bits per heavy atom. The Bertz CT molecular complexity index is 996. The molecule has 0 aliphatic rings. The lowest BCUT2D eigenvalue weighted by molar-refractivity contribution is -0.121. The van der Waals surface area contributed by atoms with Gasteiger partial charge in [-0.1, -0.05) is 12.1 Å². The van der Waals surface area contributed by atoms with E-state index in [1.165, 1.54) is 12.1 Å². The average molecular weight is 368 g/mol. The number of halogens is 1. The van der Waals surface area contributed by atoms with Crippen LogP contribution < -0.4 is 10.9 Å². The molecule has 0 unspecified atom stereocenters. The highest BCUT2D eigenvalue weighted by atomic mass is 19.1. The second kappa shape index (κ2) is 8.49. The molecule has 140 valence electrons. The van der Waals surface area contributed by atoms with Crippen LogP contribution in [0.25, 0.3) is 10.9 Å². The number of H-pyrrole nitrogens is 1. The maximum atomic E-state index is 13.2. The van der Waals surface area contributed by atoms with E-state index in [9.17, 15) is 19.1 Å². The number of aryl methyl sites for hydroxylation is 2. The summed E-state index contributed by atoms with van der Waals surface area (Å²) in [6, 6.07) is 12.9. The van der Waals surface area contributed by atoms with Gasteiger partial charge in [0.25, 0.3) is 5.56 Å². The quantitative estimate of drug-likeness (QED) is 0.561. The molecule has 1 heterocycles. The van der Waals surface area contributed by atoms with Crippen LogP contribution in [0, 0.1) is 5.82 Å². The molecule has 0 saturated heterocycles. The number of hydrogen-bond donors (Lipinski definition) is 3. The minimum Gasteiger partial charge on any atom is -0.508 e. The van der Waals surface area contributed by atoms with Crippen LogP contribution in [0.3, 0.4) is 0 Å². The van der Waals surface area contributed by atoms with Gasteiger partial charge in [-0.15, -0.1) is 0 Å². The molecule has 27 heavy (non-hydrogen) atoms. The molecule has 0 aliphatic heterocycles. The SMILES string of the molecule is O=C(CCc1cc2ccc(F)cc2[nH]c1=O)NCCCc1ccc(O)cc1. The first kappa shape index (κ1) is 18.6. The normalized spacial score (nSPS) is 10.9. The van der Waals surface area contributed by atoms with Gasteiger partial charge in [0.15, 0.2) is 0 Å². The molecular formula is C21H21FN2O3. The molecule has 0 radical (unpaired) electrons. The number of phenolic OH excluding ortho intramolecular Hbond substituents is 1. The molecule has 2 aromatic carbocycles. The van der Waals surface area contributed by atoms with E-state index in [1.54, 1.807) is 24.3 Å². The van der Waals surface area contributed by atoms with E-state index in [4.69, 9.17) is 0 Å². The van der Waals surface area contributed by atoms with Gasteiger partial charge in [-0.25, -0.2) is 4.39 Å². The number of carbonyl (C=O) groups excluding carboxylic acids is 1. The van der Waals surface area contributed by atoms with Gasteiger partial charge in [0.2, 0.25) is 5.91 Å². The van der Waals surface area contributed by atoms with E-state index >= 15 is 0 Å². The van der Waals surface area contributed by atoms with E-state index in [0.717, 1.165) is 23.8 Å². The van der Waals surface area contributed by atoms with E-state index in [-0.39, 0.29) is 23.6 Å². The van der Waals surface area contributed by atoms with Crippen LogP contribution in [0.15, 0.2) is 53.3 Å². The van der Waals surface area contributed by atoms with Gasteiger partial charge in [-0.05, 0) is 66.6 Å². The number of hydrogen-bond acceptors (Lipinski definition) is 3. The zero-order chi connectivity index (χ0) is 19.2. The first-order valence-electron chi connectivity index (χ1n) is 8.87. The highest BCUT2D eigenvalue weighted by molar-refractivity contribution is 5.79. The molecule has 3 aromatic rings. The molecule has 0 spiro atoms. The lowest BCUT2D eigenvalue weighted by Crippen LogP contribution is -2.26. The number of amides is 1. The third-order valence-electron chi connectivity index (χ3n) is 4.41. The number of aromatic nitrogens is 1. The molecule has 0 saturated carbocycles. The van der Waals surface area contributed by atoms with Crippen LogP contribution in [0.2, 0.25) is 0 Å². The molecule has 5 nitrogen and oxygen atoms in total. The topological polar surface area (TPSA) is 82.2 Å². The van der Waals surface area contributed by atoms with Crippen molar-refractivity contribution in [3.8, 4) is 5.75 Å². The van der Waals surface area contributed by atoms with Crippen molar-refractivity contribution < 1.29 is 14.3 Å². The Labute approximate surface area is 155 Å². The molecule has 0 aliphatic carbocycles. The van der Waals surface area contributed by atoms with Crippen LogP contribution in [-0.4, -0.2) is 22.5 Å². The van der Waals surface area contributed by atoms with Crippen molar-refractivity contribution in [2.75, 3.05) is 6.54 Å². The zero-order valence-electron chi connectivity index (χ0n) is 14.8. The second-order valence-electron chi connectivity index (χ2n) is 6.48. The lowest BCUT2D eigenvalue weighted by Gasteiger charge is -2.06. The first-order chi connectivity index (χ1) is 13.0. The molecule has 0 bridgehead atoms. The molecule has 1 amide bonds. The van der Waals surface area contributed by atoms with Gasteiger partial charge in [-0.3, -0.25) is 9.59 Å². The second-order valence-corrected chi connectivity index (χ2v) is 6.48. The van der Waals surface area contributed by atoms with E-state index in [1.807, 2.05) is 12.1 Å². The predicted octanol–water partition coefficient (Wildman–Crippen LogP) is 3.05. The Balaban J connectivity index is 1.47. The number of rotatable bonds is 7. The Morgan fingerprint density at radius 3 is 2.63 bits per heavy atom. The maximum absolute atomic E-state index is 13.2. The molecule has 6 heteroatoms. The van der Waals surface area contributed by atoms with Crippen LogP contribution in [-0.2, 0) is 17.6 Å². The highest BCUT2D eigenvalue weighted by Gasteiger charge is 2.07. The summed E-state index contributed by atoms with van der Waals surface area (Å²) in [5, 5.41) is 12.8.